The van der Waals surface area contributed by atoms with Gasteiger partial charge in [-0.2, -0.15) is 0 Å². The fraction of sp³-hybridized carbons (Fsp3) is 0.833. The highest BCUT2D eigenvalue weighted by atomic mass is 16.7. The van der Waals surface area contributed by atoms with Gasteiger partial charge < -0.3 is 14.6 Å². The molecule has 1 N–H and O–H groups in total. The molecule has 0 unspecified atom stereocenters. The van der Waals surface area contributed by atoms with E-state index in [0.29, 0.717) is 6.42 Å². The maximum atomic E-state index is 9.72. The van der Waals surface area contributed by atoms with E-state index in [1.807, 2.05) is 13.8 Å². The van der Waals surface area contributed by atoms with Crippen LogP contribution in [0, 0.1) is 0 Å². The van der Waals surface area contributed by atoms with Gasteiger partial charge in [-0.1, -0.05) is 19.4 Å². The molecule has 1 saturated heterocycles. The summed E-state index contributed by atoms with van der Waals surface area (Å²) in [6.07, 6.45) is 3.68. The Hall–Kier alpha value is -0.380. The molecule has 0 aromatic rings. The first-order valence-electron chi connectivity index (χ1n) is 5.64. The molecule has 3 nitrogen and oxygen atoms in total. The number of hydrogen-bond acceptors (Lipinski definition) is 3. The molecule has 3 heteroatoms. The van der Waals surface area contributed by atoms with Crippen molar-refractivity contribution in [3.63, 3.8) is 0 Å². The first-order valence-corrected chi connectivity index (χ1v) is 5.64. The molecule has 1 aliphatic rings. The molecule has 0 radical (unpaired) electrons. The highest BCUT2D eigenvalue weighted by molar-refractivity contribution is 4.93. The summed E-state index contributed by atoms with van der Waals surface area (Å²) in [5, 5.41) is 9.72. The van der Waals surface area contributed by atoms with Crippen molar-refractivity contribution in [1.29, 1.82) is 0 Å². The summed E-state index contributed by atoms with van der Waals surface area (Å²) >= 11 is 0. The molecule has 15 heavy (non-hydrogen) atoms. The Labute approximate surface area is 92.1 Å². The average Bonchev–Trinajstić information content (AvgIpc) is 2.40. The molecular weight excluding hydrogens is 192 g/mol. The summed E-state index contributed by atoms with van der Waals surface area (Å²) in [7, 11) is 0. The third-order valence-corrected chi connectivity index (χ3v) is 2.58. The van der Waals surface area contributed by atoms with Gasteiger partial charge in [-0.05, 0) is 20.3 Å². The van der Waals surface area contributed by atoms with Gasteiger partial charge in [0.25, 0.3) is 0 Å². The van der Waals surface area contributed by atoms with Gasteiger partial charge in [0.1, 0.15) is 6.10 Å². The lowest BCUT2D eigenvalue weighted by molar-refractivity contribution is -0.145. The Morgan fingerprint density at radius 1 is 1.47 bits per heavy atom. The van der Waals surface area contributed by atoms with Crippen LogP contribution in [0.4, 0.5) is 0 Å². The third-order valence-electron chi connectivity index (χ3n) is 2.58. The molecule has 0 aromatic heterocycles. The van der Waals surface area contributed by atoms with Crippen LogP contribution in [0.15, 0.2) is 12.7 Å². The van der Waals surface area contributed by atoms with Crippen LogP contribution in [-0.2, 0) is 9.47 Å². The minimum atomic E-state index is -0.560. The lowest BCUT2D eigenvalue weighted by atomic mass is 10.0. The summed E-state index contributed by atoms with van der Waals surface area (Å²) in [6, 6.07) is 0. The van der Waals surface area contributed by atoms with E-state index in [4.69, 9.17) is 9.47 Å². The molecule has 3 atom stereocenters. The van der Waals surface area contributed by atoms with Crippen LogP contribution in [0.2, 0.25) is 0 Å². The van der Waals surface area contributed by atoms with Crippen molar-refractivity contribution >= 4 is 0 Å². The number of aliphatic hydroxyl groups excluding tert-OH is 1. The smallest absolute Gasteiger partial charge is 0.164 e. The zero-order chi connectivity index (χ0) is 11.5. The summed E-state index contributed by atoms with van der Waals surface area (Å²) in [4.78, 5) is 0. The first kappa shape index (κ1) is 12.7. The second-order valence-electron chi connectivity index (χ2n) is 4.55. The maximum Gasteiger partial charge on any atom is 0.164 e. The van der Waals surface area contributed by atoms with Crippen LogP contribution < -0.4 is 0 Å². The summed E-state index contributed by atoms with van der Waals surface area (Å²) in [6.45, 7) is 9.55. The van der Waals surface area contributed by atoms with Crippen molar-refractivity contribution < 1.29 is 14.6 Å². The quantitative estimate of drug-likeness (QED) is 0.713. The van der Waals surface area contributed by atoms with Crippen molar-refractivity contribution in [3.05, 3.63) is 12.7 Å². The van der Waals surface area contributed by atoms with E-state index in [2.05, 4.69) is 13.5 Å². The predicted molar refractivity (Wildman–Crippen MR) is 59.6 cm³/mol. The SMILES string of the molecule is C=C[C@@H]1OC(C)(C)O[C@H]1C[C@H](O)CCC. The highest BCUT2D eigenvalue weighted by Crippen LogP contribution is 2.31. The Bertz CT molecular complexity index is 213. The molecule has 0 aliphatic carbocycles. The Morgan fingerprint density at radius 3 is 2.67 bits per heavy atom. The van der Waals surface area contributed by atoms with Crippen LogP contribution in [0.3, 0.4) is 0 Å². The third kappa shape index (κ3) is 3.59. The standard InChI is InChI=1S/C12H22O3/c1-5-7-9(13)8-11-10(6-2)14-12(3,4)15-11/h6,9-11,13H,2,5,7-8H2,1,3-4H3/t9-,10+,11+/m1/s1. The summed E-state index contributed by atoms with van der Waals surface area (Å²) in [5.74, 6) is -0.560. The van der Waals surface area contributed by atoms with E-state index in [1.54, 1.807) is 6.08 Å². The molecular formula is C12H22O3. The summed E-state index contributed by atoms with van der Waals surface area (Å²) < 4.78 is 11.4. The number of hydrogen-bond donors (Lipinski definition) is 1. The molecule has 0 saturated carbocycles. The first-order chi connectivity index (χ1) is 6.98. The second kappa shape index (κ2) is 5.10. The van der Waals surface area contributed by atoms with Crippen LogP contribution in [0.25, 0.3) is 0 Å². The highest BCUT2D eigenvalue weighted by Gasteiger charge is 2.40. The van der Waals surface area contributed by atoms with Crippen LogP contribution >= 0.6 is 0 Å². The predicted octanol–water partition coefficient (Wildman–Crippen LogP) is 2.24. The van der Waals surface area contributed by atoms with E-state index in [1.165, 1.54) is 0 Å². The van der Waals surface area contributed by atoms with E-state index in [0.717, 1.165) is 12.8 Å². The Kier molecular flexibility index (Phi) is 4.32. The minimum Gasteiger partial charge on any atom is -0.393 e. The monoisotopic (exact) mass is 214 g/mol. The molecule has 1 fully saturated rings. The molecule has 1 rings (SSSR count). The number of rotatable bonds is 5. The van der Waals surface area contributed by atoms with Gasteiger partial charge in [0.05, 0.1) is 12.2 Å². The molecule has 0 spiro atoms. The van der Waals surface area contributed by atoms with E-state index < -0.39 is 5.79 Å². The lowest BCUT2D eigenvalue weighted by Crippen LogP contribution is -2.26. The van der Waals surface area contributed by atoms with Crippen molar-refractivity contribution in [2.24, 2.45) is 0 Å². The molecule has 0 aromatic carbocycles. The normalized spacial score (nSPS) is 31.5. The van der Waals surface area contributed by atoms with E-state index in [-0.39, 0.29) is 18.3 Å². The molecule has 88 valence electrons. The van der Waals surface area contributed by atoms with Gasteiger partial charge in [-0.15, -0.1) is 6.58 Å². The van der Waals surface area contributed by atoms with Gasteiger partial charge in [0.2, 0.25) is 0 Å². The van der Waals surface area contributed by atoms with Crippen molar-refractivity contribution in [2.45, 2.75) is 64.1 Å². The van der Waals surface area contributed by atoms with Crippen molar-refractivity contribution in [3.8, 4) is 0 Å². The van der Waals surface area contributed by atoms with Crippen molar-refractivity contribution in [2.75, 3.05) is 0 Å². The van der Waals surface area contributed by atoms with Crippen LogP contribution in [-0.4, -0.2) is 29.2 Å². The molecule has 1 heterocycles. The molecule has 1 aliphatic heterocycles. The lowest BCUT2D eigenvalue weighted by Gasteiger charge is -2.18. The molecule has 0 bridgehead atoms. The van der Waals surface area contributed by atoms with E-state index in [9.17, 15) is 5.11 Å². The van der Waals surface area contributed by atoms with E-state index >= 15 is 0 Å². The molecule has 0 amide bonds. The second-order valence-corrected chi connectivity index (χ2v) is 4.55. The summed E-state index contributed by atoms with van der Waals surface area (Å²) in [5.41, 5.74) is 0. The largest absolute Gasteiger partial charge is 0.393 e. The zero-order valence-electron chi connectivity index (χ0n) is 9.90. The van der Waals surface area contributed by atoms with Gasteiger partial charge in [0, 0.05) is 6.42 Å². The maximum absolute atomic E-state index is 9.72. The van der Waals surface area contributed by atoms with Crippen LogP contribution in [0.5, 0.6) is 0 Å². The van der Waals surface area contributed by atoms with Crippen molar-refractivity contribution in [1.82, 2.24) is 0 Å². The van der Waals surface area contributed by atoms with Gasteiger partial charge >= 0.3 is 0 Å². The fourth-order valence-electron chi connectivity index (χ4n) is 1.96. The zero-order valence-corrected chi connectivity index (χ0v) is 9.90. The number of ether oxygens (including phenoxy) is 2. The minimum absolute atomic E-state index is 0.0703. The van der Waals surface area contributed by atoms with Gasteiger partial charge in [0.15, 0.2) is 5.79 Å². The topological polar surface area (TPSA) is 38.7 Å². The van der Waals surface area contributed by atoms with Gasteiger partial charge in [-0.25, -0.2) is 0 Å². The fourth-order valence-corrected chi connectivity index (χ4v) is 1.96. The average molecular weight is 214 g/mol. The van der Waals surface area contributed by atoms with Gasteiger partial charge in [-0.3, -0.25) is 0 Å². The number of aliphatic hydroxyl groups is 1. The van der Waals surface area contributed by atoms with Crippen LogP contribution in [0.1, 0.15) is 40.0 Å². The Balaban J connectivity index is 2.50. The Morgan fingerprint density at radius 2 is 2.13 bits per heavy atom.